The molecule has 2 amide bonds. The largest absolute Gasteiger partial charge is 0.497 e. The fourth-order valence-corrected chi connectivity index (χ4v) is 6.58. The minimum atomic E-state index is -4.15. The Bertz CT molecular complexity index is 1660. The average molecular weight is 614 g/mol. The summed E-state index contributed by atoms with van der Waals surface area (Å²) < 4.78 is 34.8. The second-order valence-corrected chi connectivity index (χ2v) is 12.5. The van der Waals surface area contributed by atoms with Crippen molar-refractivity contribution < 1.29 is 22.7 Å². The molecular formula is C35H39N3O5S. The number of aryl methyl sites for hydroxylation is 2. The van der Waals surface area contributed by atoms with Crippen molar-refractivity contribution in [3.63, 3.8) is 0 Å². The lowest BCUT2D eigenvalue weighted by molar-refractivity contribution is -0.140. The van der Waals surface area contributed by atoms with Crippen molar-refractivity contribution in [2.24, 2.45) is 0 Å². The fraction of sp³-hybridized carbons (Fsp3) is 0.257. The van der Waals surface area contributed by atoms with Crippen LogP contribution in [0, 0.1) is 13.8 Å². The molecule has 0 saturated heterocycles. The minimum Gasteiger partial charge on any atom is -0.497 e. The van der Waals surface area contributed by atoms with Gasteiger partial charge in [0.15, 0.2) is 0 Å². The van der Waals surface area contributed by atoms with Crippen LogP contribution in [0.1, 0.15) is 29.2 Å². The first-order chi connectivity index (χ1) is 21.1. The number of hydrogen-bond donors (Lipinski definition) is 1. The van der Waals surface area contributed by atoms with Gasteiger partial charge in [0.05, 0.1) is 17.7 Å². The smallest absolute Gasteiger partial charge is 0.264 e. The van der Waals surface area contributed by atoms with Crippen molar-refractivity contribution >= 4 is 27.5 Å². The molecule has 230 valence electrons. The maximum Gasteiger partial charge on any atom is 0.264 e. The lowest BCUT2D eigenvalue weighted by atomic mass is 10.0. The van der Waals surface area contributed by atoms with Gasteiger partial charge >= 0.3 is 0 Å². The van der Waals surface area contributed by atoms with E-state index in [9.17, 15) is 18.0 Å². The van der Waals surface area contributed by atoms with E-state index < -0.39 is 28.5 Å². The summed E-state index contributed by atoms with van der Waals surface area (Å²) in [6.45, 7) is 5.52. The molecule has 0 aliphatic carbocycles. The van der Waals surface area contributed by atoms with Crippen LogP contribution in [0.2, 0.25) is 0 Å². The molecule has 4 rings (SSSR count). The third kappa shape index (κ3) is 8.05. The van der Waals surface area contributed by atoms with E-state index >= 15 is 0 Å². The zero-order chi connectivity index (χ0) is 31.7. The van der Waals surface area contributed by atoms with Gasteiger partial charge in [-0.05, 0) is 79.4 Å². The number of carbonyl (C=O) groups excluding carboxylic acids is 2. The number of rotatable bonds is 13. The van der Waals surface area contributed by atoms with Gasteiger partial charge in [-0.1, -0.05) is 66.7 Å². The van der Waals surface area contributed by atoms with Gasteiger partial charge in [0.1, 0.15) is 18.3 Å². The maximum absolute atomic E-state index is 14.5. The molecule has 0 heterocycles. The quantitative estimate of drug-likeness (QED) is 0.221. The molecule has 4 aromatic carbocycles. The molecule has 0 saturated carbocycles. The van der Waals surface area contributed by atoms with Crippen LogP contribution in [-0.2, 0) is 32.6 Å². The summed E-state index contributed by atoms with van der Waals surface area (Å²) in [5.74, 6) is -0.230. The molecule has 44 heavy (non-hydrogen) atoms. The van der Waals surface area contributed by atoms with E-state index in [0.29, 0.717) is 18.0 Å². The monoisotopic (exact) mass is 613 g/mol. The molecule has 4 aromatic rings. The van der Waals surface area contributed by atoms with Crippen molar-refractivity contribution in [2.45, 2.75) is 44.7 Å². The number of hydrogen-bond acceptors (Lipinski definition) is 5. The first-order valence-electron chi connectivity index (χ1n) is 14.5. The molecule has 0 spiro atoms. The number of methoxy groups -OCH3 is 1. The van der Waals surface area contributed by atoms with Gasteiger partial charge in [0, 0.05) is 19.5 Å². The van der Waals surface area contributed by atoms with Gasteiger partial charge in [0.2, 0.25) is 11.8 Å². The summed E-state index contributed by atoms with van der Waals surface area (Å²) in [6.07, 6.45) is 0.247. The Balaban J connectivity index is 1.82. The number of carbonyl (C=O) groups is 2. The van der Waals surface area contributed by atoms with Crippen LogP contribution >= 0.6 is 0 Å². The van der Waals surface area contributed by atoms with Crippen molar-refractivity contribution in [1.82, 2.24) is 10.2 Å². The van der Waals surface area contributed by atoms with Crippen molar-refractivity contribution in [1.29, 1.82) is 0 Å². The van der Waals surface area contributed by atoms with Crippen LogP contribution in [0.3, 0.4) is 0 Å². The Morgan fingerprint density at radius 3 is 2.05 bits per heavy atom. The molecule has 8 nitrogen and oxygen atoms in total. The number of anilines is 1. The van der Waals surface area contributed by atoms with E-state index in [4.69, 9.17) is 4.74 Å². The maximum atomic E-state index is 14.5. The molecule has 0 radical (unpaired) electrons. The minimum absolute atomic E-state index is 0.0656. The van der Waals surface area contributed by atoms with Crippen molar-refractivity contribution in [2.75, 3.05) is 24.5 Å². The first-order valence-corrected chi connectivity index (χ1v) is 16.0. The van der Waals surface area contributed by atoms with E-state index in [0.717, 1.165) is 26.6 Å². The van der Waals surface area contributed by atoms with Crippen LogP contribution in [-0.4, -0.2) is 51.4 Å². The van der Waals surface area contributed by atoms with Gasteiger partial charge in [-0.15, -0.1) is 0 Å². The standard InChI is InChI=1S/C35H39N3O5S/c1-5-36-35(40)33(23-28-13-8-6-9-14-28)37(24-29-15-12-16-31(22-29)43-4)34(39)25-38(30-20-26(2)19-27(3)21-30)44(41,42)32-17-10-7-11-18-32/h6-22,33H,5,23-25H2,1-4H3,(H,36,40)/t33-/m0/s1. The SMILES string of the molecule is CCNC(=O)[C@H](Cc1ccccc1)N(Cc1cccc(OC)c1)C(=O)CN(c1cc(C)cc(C)c1)S(=O)(=O)c1ccccc1. The number of nitrogens with one attached hydrogen (secondary N) is 1. The summed E-state index contributed by atoms with van der Waals surface area (Å²) >= 11 is 0. The molecular weight excluding hydrogens is 574 g/mol. The Kier molecular flexibility index (Phi) is 10.8. The van der Waals surface area contributed by atoms with Crippen molar-refractivity contribution in [3.05, 3.63) is 125 Å². The van der Waals surface area contributed by atoms with E-state index in [1.807, 2.05) is 69.3 Å². The van der Waals surface area contributed by atoms with Crippen molar-refractivity contribution in [3.8, 4) is 5.75 Å². The number of benzene rings is 4. The Morgan fingerprint density at radius 1 is 0.818 bits per heavy atom. The lowest BCUT2D eigenvalue weighted by Crippen LogP contribution is -2.53. The van der Waals surface area contributed by atoms with Gasteiger partial charge in [-0.25, -0.2) is 8.42 Å². The zero-order valence-corrected chi connectivity index (χ0v) is 26.4. The van der Waals surface area contributed by atoms with Gasteiger partial charge in [0.25, 0.3) is 10.0 Å². The van der Waals surface area contributed by atoms with E-state index in [1.54, 1.807) is 49.6 Å². The summed E-state index contributed by atoms with van der Waals surface area (Å²) in [5.41, 5.74) is 3.70. The van der Waals surface area contributed by atoms with E-state index in [-0.39, 0.29) is 23.8 Å². The number of sulfonamides is 1. The van der Waals surface area contributed by atoms with Gasteiger partial charge < -0.3 is 15.0 Å². The third-order valence-corrected chi connectivity index (χ3v) is 9.00. The Morgan fingerprint density at radius 2 is 1.43 bits per heavy atom. The number of nitrogens with zero attached hydrogens (tertiary/aromatic N) is 2. The summed E-state index contributed by atoms with van der Waals surface area (Å²) in [7, 11) is -2.59. The number of likely N-dealkylation sites (N-methyl/N-ethyl adjacent to an activating group) is 1. The molecule has 0 aliphatic heterocycles. The summed E-state index contributed by atoms with van der Waals surface area (Å²) in [5, 5.41) is 2.88. The predicted molar refractivity (Wildman–Crippen MR) is 173 cm³/mol. The van der Waals surface area contributed by atoms with Crippen LogP contribution < -0.4 is 14.4 Å². The fourth-order valence-electron chi connectivity index (χ4n) is 5.16. The Hall–Kier alpha value is -4.63. The average Bonchev–Trinajstić information content (AvgIpc) is 3.02. The molecule has 0 aliphatic rings. The molecule has 9 heteroatoms. The second kappa shape index (κ2) is 14.7. The second-order valence-electron chi connectivity index (χ2n) is 10.6. The zero-order valence-electron chi connectivity index (χ0n) is 25.6. The molecule has 0 fully saturated rings. The normalized spacial score (nSPS) is 11.8. The predicted octanol–water partition coefficient (Wildman–Crippen LogP) is 5.28. The highest BCUT2D eigenvalue weighted by Gasteiger charge is 2.34. The number of amides is 2. The highest BCUT2D eigenvalue weighted by atomic mass is 32.2. The van der Waals surface area contributed by atoms with Crippen LogP contribution in [0.15, 0.2) is 108 Å². The summed E-state index contributed by atoms with van der Waals surface area (Å²) in [6, 6.07) is 29.3. The van der Waals surface area contributed by atoms with Crippen LogP contribution in [0.25, 0.3) is 0 Å². The van der Waals surface area contributed by atoms with Gasteiger partial charge in [-0.3, -0.25) is 13.9 Å². The molecule has 0 bridgehead atoms. The third-order valence-electron chi connectivity index (χ3n) is 7.21. The topological polar surface area (TPSA) is 96.0 Å². The highest BCUT2D eigenvalue weighted by Crippen LogP contribution is 2.27. The van der Waals surface area contributed by atoms with Crippen LogP contribution in [0.5, 0.6) is 5.75 Å². The summed E-state index contributed by atoms with van der Waals surface area (Å²) in [4.78, 5) is 29.6. The molecule has 0 aromatic heterocycles. The lowest BCUT2D eigenvalue weighted by Gasteiger charge is -2.34. The molecule has 1 atom stereocenters. The van der Waals surface area contributed by atoms with E-state index in [1.165, 1.54) is 17.0 Å². The molecule has 0 unspecified atom stereocenters. The Labute approximate surface area is 260 Å². The van der Waals surface area contributed by atoms with Crippen LogP contribution in [0.4, 0.5) is 5.69 Å². The van der Waals surface area contributed by atoms with Gasteiger partial charge in [-0.2, -0.15) is 0 Å². The van der Waals surface area contributed by atoms with E-state index in [2.05, 4.69) is 5.32 Å². The number of ether oxygens (including phenoxy) is 1. The highest BCUT2D eigenvalue weighted by molar-refractivity contribution is 7.92. The molecule has 1 N–H and O–H groups in total. The first kappa shape index (κ1) is 32.3.